The van der Waals surface area contributed by atoms with E-state index in [1.807, 2.05) is 53.4 Å². The molecule has 1 amide bonds. The maximum Gasteiger partial charge on any atom is 0.238 e. The van der Waals surface area contributed by atoms with Gasteiger partial charge in [0.05, 0.1) is 18.2 Å². The predicted octanol–water partition coefficient (Wildman–Crippen LogP) is 5.40. The number of carbonyl (C=O) groups is 3. The van der Waals surface area contributed by atoms with E-state index in [-0.39, 0.29) is 17.2 Å². The fraction of sp³-hybridized carbons (Fsp3) is 0.129. The van der Waals surface area contributed by atoms with E-state index in [1.54, 1.807) is 24.4 Å². The molecule has 1 saturated heterocycles. The average Bonchev–Trinajstić information content (AvgIpc) is 3.65. The van der Waals surface area contributed by atoms with E-state index < -0.39 is 40.8 Å². The van der Waals surface area contributed by atoms with Crippen molar-refractivity contribution in [1.82, 2.24) is 4.90 Å². The highest BCUT2D eigenvalue weighted by Gasteiger charge is 2.71. The molecule has 3 aliphatic rings. The molecule has 3 aliphatic heterocycles. The molecule has 1 fully saturated rings. The van der Waals surface area contributed by atoms with Crippen LogP contribution in [0, 0.1) is 11.7 Å². The first kappa shape index (κ1) is 22.4. The Kier molecular flexibility index (Phi) is 4.79. The second-order valence-corrected chi connectivity index (χ2v) is 9.80. The van der Waals surface area contributed by atoms with Gasteiger partial charge in [0.1, 0.15) is 17.3 Å². The first-order valence-electron chi connectivity index (χ1n) is 12.3. The van der Waals surface area contributed by atoms with Crippen LogP contribution in [0.1, 0.15) is 43.6 Å². The van der Waals surface area contributed by atoms with Gasteiger partial charge < -0.3 is 14.6 Å². The zero-order valence-corrected chi connectivity index (χ0v) is 20.0. The number of benzene rings is 3. The number of Topliss-reactive ketones (excluding diaryl/α,β-unsaturated/α-hetero) is 2. The molecule has 186 valence electrons. The van der Waals surface area contributed by atoms with Crippen molar-refractivity contribution in [2.24, 2.45) is 5.92 Å². The third kappa shape index (κ3) is 2.90. The van der Waals surface area contributed by atoms with Crippen LogP contribution in [0.4, 0.5) is 10.1 Å². The number of hydrogen-bond acceptors (Lipinski definition) is 5. The van der Waals surface area contributed by atoms with Gasteiger partial charge in [0, 0.05) is 17.5 Å². The van der Waals surface area contributed by atoms with Crippen molar-refractivity contribution in [2.75, 3.05) is 5.32 Å². The lowest BCUT2D eigenvalue weighted by molar-refractivity contribution is -0.122. The van der Waals surface area contributed by atoms with Crippen LogP contribution in [-0.4, -0.2) is 28.4 Å². The van der Waals surface area contributed by atoms with Gasteiger partial charge in [-0.05, 0) is 65.2 Å². The summed E-state index contributed by atoms with van der Waals surface area (Å²) in [5.41, 5.74) is 1.79. The minimum absolute atomic E-state index is 0.0988. The van der Waals surface area contributed by atoms with Crippen molar-refractivity contribution in [2.45, 2.75) is 17.5 Å². The third-order valence-electron chi connectivity index (χ3n) is 8.01. The number of ketones is 2. The van der Waals surface area contributed by atoms with E-state index in [0.717, 1.165) is 11.1 Å². The monoisotopic (exact) mass is 504 g/mol. The van der Waals surface area contributed by atoms with Crippen LogP contribution in [0.5, 0.6) is 0 Å². The quantitative estimate of drug-likeness (QED) is 0.377. The van der Waals surface area contributed by atoms with Crippen LogP contribution in [-0.2, 0) is 10.2 Å². The lowest BCUT2D eigenvalue weighted by atomic mass is 9.62. The Balaban J connectivity index is 1.55. The van der Waals surface area contributed by atoms with E-state index >= 15 is 0 Å². The van der Waals surface area contributed by atoms with E-state index in [9.17, 15) is 18.8 Å². The maximum atomic E-state index is 14.5. The van der Waals surface area contributed by atoms with Gasteiger partial charge in [-0.3, -0.25) is 14.4 Å². The molecule has 1 spiro atoms. The Morgan fingerprint density at radius 1 is 0.895 bits per heavy atom. The number of carbonyl (C=O) groups excluding carboxylic acids is 3. The van der Waals surface area contributed by atoms with Crippen LogP contribution in [0.15, 0.2) is 102 Å². The molecule has 0 unspecified atom stereocenters. The van der Waals surface area contributed by atoms with Gasteiger partial charge in [0.2, 0.25) is 11.7 Å². The zero-order valence-electron chi connectivity index (χ0n) is 20.0. The summed E-state index contributed by atoms with van der Waals surface area (Å²) in [5.74, 6) is -2.68. The van der Waals surface area contributed by atoms with Gasteiger partial charge in [-0.1, -0.05) is 42.5 Å². The smallest absolute Gasteiger partial charge is 0.238 e. The van der Waals surface area contributed by atoms with Crippen molar-refractivity contribution in [3.63, 3.8) is 0 Å². The van der Waals surface area contributed by atoms with Gasteiger partial charge in [-0.15, -0.1) is 0 Å². The molecule has 0 radical (unpaired) electrons. The first-order valence-corrected chi connectivity index (χ1v) is 12.3. The number of hydrogen-bond donors (Lipinski definition) is 1. The van der Waals surface area contributed by atoms with Crippen molar-refractivity contribution < 1.29 is 23.2 Å². The van der Waals surface area contributed by atoms with E-state index in [4.69, 9.17) is 4.42 Å². The summed E-state index contributed by atoms with van der Waals surface area (Å²) in [4.78, 5) is 44.7. The van der Waals surface area contributed by atoms with Crippen LogP contribution in [0.2, 0.25) is 0 Å². The fourth-order valence-electron chi connectivity index (χ4n) is 6.53. The van der Waals surface area contributed by atoms with Gasteiger partial charge in [0.25, 0.3) is 0 Å². The molecule has 0 aliphatic carbocycles. The topological polar surface area (TPSA) is 79.6 Å². The normalized spacial score (nSPS) is 24.6. The molecule has 7 heteroatoms. The van der Waals surface area contributed by atoms with Gasteiger partial charge in [-0.25, -0.2) is 4.39 Å². The van der Waals surface area contributed by atoms with E-state index in [0.29, 0.717) is 11.3 Å². The number of nitrogens with zero attached hydrogens (tertiary/aromatic N) is 1. The lowest BCUT2D eigenvalue weighted by Gasteiger charge is -2.38. The minimum atomic E-state index is -1.43. The molecule has 0 saturated carbocycles. The highest BCUT2D eigenvalue weighted by Crippen LogP contribution is 2.62. The Bertz CT molecular complexity index is 1640. The standard InChI is InChI=1S/C31H21FN2O4/c32-20-13-11-19(12-14-20)27(35)25-26(28(36)24-10-5-17-38-24)34-16-15-18-6-1-2-7-21(18)29(34)31(25)22-8-3-4-9-23(22)33-30(31)37/h1-17,25-26,29H,(H,33,37)/t25-,26+,29+,31+/m1/s1. The van der Waals surface area contributed by atoms with Crippen LogP contribution >= 0.6 is 0 Å². The first-order chi connectivity index (χ1) is 18.5. The van der Waals surface area contributed by atoms with Gasteiger partial charge in [0.15, 0.2) is 11.5 Å². The van der Waals surface area contributed by atoms with Crippen molar-refractivity contribution in [3.05, 3.63) is 131 Å². The fourth-order valence-corrected chi connectivity index (χ4v) is 6.53. The highest BCUT2D eigenvalue weighted by molar-refractivity contribution is 6.16. The van der Waals surface area contributed by atoms with Gasteiger partial charge in [-0.2, -0.15) is 0 Å². The number of fused-ring (bicyclic) bond motifs is 6. The molecule has 6 nitrogen and oxygen atoms in total. The average molecular weight is 505 g/mol. The molecule has 7 rings (SSSR count). The number of nitrogens with one attached hydrogen (secondary N) is 1. The number of furan rings is 1. The van der Waals surface area contributed by atoms with Crippen LogP contribution in [0.3, 0.4) is 0 Å². The SMILES string of the molecule is O=C(c1ccco1)[C@@H]1[C@H](C(=O)c2ccc(F)cc2)[C@]2(C(=O)Nc3ccccc32)[C@@H]2c3ccccc3C=CN12. The highest BCUT2D eigenvalue weighted by atomic mass is 19.1. The van der Waals surface area contributed by atoms with Crippen molar-refractivity contribution in [3.8, 4) is 0 Å². The molecule has 1 aromatic heterocycles. The minimum Gasteiger partial charge on any atom is -0.461 e. The lowest BCUT2D eigenvalue weighted by Crippen LogP contribution is -2.49. The summed E-state index contributed by atoms with van der Waals surface area (Å²) in [6.45, 7) is 0. The summed E-state index contributed by atoms with van der Waals surface area (Å²) >= 11 is 0. The second kappa shape index (κ2) is 8.11. The van der Waals surface area contributed by atoms with E-state index in [1.165, 1.54) is 30.5 Å². The summed E-state index contributed by atoms with van der Waals surface area (Å²) in [5, 5.41) is 3.00. The summed E-state index contributed by atoms with van der Waals surface area (Å²) in [6, 6.07) is 21.7. The molecule has 0 bridgehead atoms. The molecule has 4 atom stereocenters. The Morgan fingerprint density at radius 2 is 1.66 bits per heavy atom. The van der Waals surface area contributed by atoms with E-state index in [2.05, 4.69) is 5.32 Å². The molecular weight excluding hydrogens is 483 g/mol. The zero-order chi connectivity index (χ0) is 26.0. The maximum absolute atomic E-state index is 14.5. The summed E-state index contributed by atoms with van der Waals surface area (Å²) < 4.78 is 19.3. The number of rotatable bonds is 4. The Hall–Kier alpha value is -4.78. The molecular formula is C31H21FN2O4. The third-order valence-corrected chi connectivity index (χ3v) is 8.01. The Morgan fingerprint density at radius 3 is 2.45 bits per heavy atom. The van der Waals surface area contributed by atoms with Crippen LogP contribution < -0.4 is 5.32 Å². The Labute approximate surface area is 217 Å². The van der Waals surface area contributed by atoms with Gasteiger partial charge >= 0.3 is 0 Å². The van der Waals surface area contributed by atoms with Crippen LogP contribution in [0.25, 0.3) is 6.08 Å². The summed E-state index contributed by atoms with van der Waals surface area (Å²) in [6.07, 6.45) is 5.10. The number of anilines is 1. The predicted molar refractivity (Wildman–Crippen MR) is 138 cm³/mol. The molecule has 4 aromatic rings. The summed E-state index contributed by atoms with van der Waals surface area (Å²) in [7, 11) is 0. The molecule has 38 heavy (non-hydrogen) atoms. The molecule has 4 heterocycles. The number of para-hydroxylation sites is 1. The van der Waals surface area contributed by atoms with Crippen molar-refractivity contribution in [1.29, 1.82) is 0 Å². The number of halogens is 1. The molecule has 1 N–H and O–H groups in total. The largest absolute Gasteiger partial charge is 0.461 e. The number of amides is 1. The van der Waals surface area contributed by atoms with Crippen molar-refractivity contribution >= 4 is 29.2 Å². The molecule has 3 aromatic carbocycles. The second-order valence-electron chi connectivity index (χ2n) is 9.80.